The van der Waals surface area contributed by atoms with E-state index in [1.807, 2.05) is 25.1 Å². The minimum Gasteiger partial charge on any atom is -0.431 e. The molecule has 0 amide bonds. The van der Waals surface area contributed by atoms with Gasteiger partial charge in [0.1, 0.15) is 11.9 Å². The number of hydrogen-bond acceptors (Lipinski definition) is 3. The Kier molecular flexibility index (Phi) is 6.92. The third-order valence-corrected chi connectivity index (χ3v) is 2.79. The van der Waals surface area contributed by atoms with Crippen LogP contribution in [-0.4, -0.2) is 12.3 Å². The minimum atomic E-state index is -0.607. The number of rotatable bonds is 7. The molecule has 0 saturated carbocycles. The molecule has 0 aliphatic rings. The standard InChI is InChI=1S/C15H22O3/c1-3-5-7-10-13(4-2)17-15(16)18-14-11-8-6-9-12-14/h6,8-9,11-13H,3-5,7,10H2,1-2H3. The molecular weight excluding hydrogens is 228 g/mol. The fraction of sp³-hybridized carbons (Fsp3) is 0.533. The topological polar surface area (TPSA) is 35.5 Å². The van der Waals surface area contributed by atoms with Crippen LogP contribution in [0.15, 0.2) is 30.3 Å². The van der Waals surface area contributed by atoms with Crippen LogP contribution in [0.5, 0.6) is 5.75 Å². The van der Waals surface area contributed by atoms with Crippen molar-refractivity contribution in [1.29, 1.82) is 0 Å². The van der Waals surface area contributed by atoms with E-state index in [0.717, 1.165) is 19.3 Å². The zero-order valence-electron chi connectivity index (χ0n) is 11.2. The molecule has 0 spiro atoms. The molecular formula is C15H22O3. The van der Waals surface area contributed by atoms with Crippen LogP contribution in [0.4, 0.5) is 4.79 Å². The van der Waals surface area contributed by atoms with Gasteiger partial charge >= 0.3 is 6.16 Å². The Morgan fingerprint density at radius 3 is 2.50 bits per heavy atom. The maximum atomic E-state index is 11.6. The lowest BCUT2D eigenvalue weighted by Gasteiger charge is -2.15. The van der Waals surface area contributed by atoms with Gasteiger partial charge in [-0.2, -0.15) is 0 Å². The van der Waals surface area contributed by atoms with E-state index in [2.05, 4.69) is 6.92 Å². The molecule has 0 aromatic heterocycles. The highest BCUT2D eigenvalue weighted by Gasteiger charge is 2.13. The Hall–Kier alpha value is -1.51. The monoisotopic (exact) mass is 250 g/mol. The van der Waals surface area contributed by atoms with Gasteiger partial charge in [0.15, 0.2) is 0 Å². The number of para-hydroxylation sites is 1. The molecule has 0 saturated heterocycles. The molecule has 1 atom stereocenters. The Balaban J connectivity index is 2.33. The van der Waals surface area contributed by atoms with E-state index in [-0.39, 0.29) is 6.10 Å². The number of unbranched alkanes of at least 4 members (excludes halogenated alkanes) is 2. The Morgan fingerprint density at radius 2 is 1.89 bits per heavy atom. The second-order valence-electron chi connectivity index (χ2n) is 4.31. The smallest absolute Gasteiger partial charge is 0.431 e. The van der Waals surface area contributed by atoms with Crippen LogP contribution in [0.2, 0.25) is 0 Å². The second kappa shape index (κ2) is 8.56. The number of benzene rings is 1. The summed E-state index contributed by atoms with van der Waals surface area (Å²) in [5.74, 6) is 0.519. The van der Waals surface area contributed by atoms with E-state index >= 15 is 0 Å². The van der Waals surface area contributed by atoms with E-state index in [1.165, 1.54) is 12.8 Å². The van der Waals surface area contributed by atoms with Crippen molar-refractivity contribution >= 4 is 6.16 Å². The summed E-state index contributed by atoms with van der Waals surface area (Å²) < 4.78 is 10.4. The number of hydrogen-bond donors (Lipinski definition) is 0. The normalized spacial score (nSPS) is 11.9. The predicted molar refractivity (Wildman–Crippen MR) is 71.8 cm³/mol. The van der Waals surface area contributed by atoms with Crippen molar-refractivity contribution in [3.05, 3.63) is 30.3 Å². The molecule has 0 radical (unpaired) electrons. The van der Waals surface area contributed by atoms with E-state index in [0.29, 0.717) is 5.75 Å². The highest BCUT2D eigenvalue weighted by atomic mass is 16.7. The van der Waals surface area contributed by atoms with Crippen molar-refractivity contribution in [2.24, 2.45) is 0 Å². The zero-order valence-corrected chi connectivity index (χ0v) is 11.2. The van der Waals surface area contributed by atoms with Crippen LogP contribution in [0.1, 0.15) is 46.0 Å². The van der Waals surface area contributed by atoms with Gasteiger partial charge in [0.25, 0.3) is 0 Å². The molecule has 1 aromatic carbocycles. The number of carbonyl (C=O) groups excluding carboxylic acids is 1. The van der Waals surface area contributed by atoms with Gasteiger partial charge in [-0.15, -0.1) is 0 Å². The Labute approximate surface area is 109 Å². The first-order valence-corrected chi connectivity index (χ1v) is 6.69. The number of carbonyl (C=O) groups is 1. The molecule has 1 rings (SSSR count). The average Bonchev–Trinajstić information content (AvgIpc) is 2.39. The molecule has 0 bridgehead atoms. The van der Waals surface area contributed by atoms with Gasteiger partial charge in [0.05, 0.1) is 0 Å². The summed E-state index contributed by atoms with van der Waals surface area (Å²) >= 11 is 0. The zero-order chi connectivity index (χ0) is 13.2. The minimum absolute atomic E-state index is 0.0345. The van der Waals surface area contributed by atoms with E-state index in [1.54, 1.807) is 12.1 Å². The van der Waals surface area contributed by atoms with E-state index in [4.69, 9.17) is 9.47 Å². The summed E-state index contributed by atoms with van der Waals surface area (Å²) in [4.78, 5) is 11.6. The van der Waals surface area contributed by atoms with Gasteiger partial charge in [-0.1, -0.05) is 44.9 Å². The van der Waals surface area contributed by atoms with Gasteiger partial charge < -0.3 is 9.47 Å². The van der Waals surface area contributed by atoms with Crippen molar-refractivity contribution in [1.82, 2.24) is 0 Å². The maximum absolute atomic E-state index is 11.6. The first kappa shape index (κ1) is 14.6. The maximum Gasteiger partial charge on any atom is 0.514 e. The molecule has 1 aromatic rings. The molecule has 3 nitrogen and oxygen atoms in total. The molecule has 0 aliphatic carbocycles. The molecule has 0 N–H and O–H groups in total. The largest absolute Gasteiger partial charge is 0.514 e. The molecule has 0 fully saturated rings. The summed E-state index contributed by atoms with van der Waals surface area (Å²) in [6, 6.07) is 8.98. The van der Waals surface area contributed by atoms with Gasteiger partial charge in [-0.05, 0) is 31.4 Å². The summed E-state index contributed by atoms with van der Waals surface area (Å²) in [5.41, 5.74) is 0. The lowest BCUT2D eigenvalue weighted by Crippen LogP contribution is -2.20. The molecule has 0 aliphatic heterocycles. The fourth-order valence-corrected chi connectivity index (χ4v) is 1.71. The summed E-state index contributed by atoms with van der Waals surface area (Å²) in [6.07, 6.45) is 4.53. The fourth-order valence-electron chi connectivity index (χ4n) is 1.71. The van der Waals surface area contributed by atoms with Gasteiger partial charge in [0.2, 0.25) is 0 Å². The van der Waals surface area contributed by atoms with E-state index in [9.17, 15) is 4.79 Å². The van der Waals surface area contributed by atoms with Crippen molar-refractivity contribution < 1.29 is 14.3 Å². The highest BCUT2D eigenvalue weighted by Crippen LogP contribution is 2.13. The molecule has 0 heterocycles. The van der Waals surface area contributed by atoms with Crippen molar-refractivity contribution in [3.8, 4) is 5.75 Å². The van der Waals surface area contributed by atoms with Gasteiger partial charge in [0, 0.05) is 0 Å². The molecule has 100 valence electrons. The average molecular weight is 250 g/mol. The summed E-state index contributed by atoms with van der Waals surface area (Å²) in [5, 5.41) is 0. The van der Waals surface area contributed by atoms with Gasteiger partial charge in [-0.3, -0.25) is 0 Å². The van der Waals surface area contributed by atoms with Crippen LogP contribution in [0, 0.1) is 0 Å². The lowest BCUT2D eigenvalue weighted by molar-refractivity contribution is 0.0518. The van der Waals surface area contributed by atoms with E-state index < -0.39 is 6.16 Å². The third-order valence-electron chi connectivity index (χ3n) is 2.79. The Morgan fingerprint density at radius 1 is 1.17 bits per heavy atom. The summed E-state index contributed by atoms with van der Waals surface area (Å²) in [6.45, 7) is 4.18. The quantitative estimate of drug-likeness (QED) is 0.404. The summed E-state index contributed by atoms with van der Waals surface area (Å²) in [7, 11) is 0. The Bertz CT molecular complexity index is 335. The molecule has 1 unspecified atom stereocenters. The first-order chi connectivity index (χ1) is 8.76. The predicted octanol–water partition coefficient (Wildman–Crippen LogP) is 4.56. The second-order valence-corrected chi connectivity index (χ2v) is 4.31. The van der Waals surface area contributed by atoms with Crippen LogP contribution in [0.25, 0.3) is 0 Å². The van der Waals surface area contributed by atoms with Crippen LogP contribution < -0.4 is 4.74 Å². The van der Waals surface area contributed by atoms with Gasteiger partial charge in [-0.25, -0.2) is 4.79 Å². The van der Waals surface area contributed by atoms with Crippen molar-refractivity contribution in [2.45, 2.75) is 52.1 Å². The highest BCUT2D eigenvalue weighted by molar-refractivity contribution is 5.63. The molecule has 18 heavy (non-hydrogen) atoms. The third kappa shape index (κ3) is 5.71. The SMILES string of the molecule is CCCCCC(CC)OC(=O)Oc1ccccc1. The molecule has 3 heteroatoms. The first-order valence-electron chi connectivity index (χ1n) is 6.69. The van der Waals surface area contributed by atoms with Crippen molar-refractivity contribution in [3.63, 3.8) is 0 Å². The van der Waals surface area contributed by atoms with Crippen LogP contribution in [-0.2, 0) is 4.74 Å². The van der Waals surface area contributed by atoms with Crippen LogP contribution >= 0.6 is 0 Å². The van der Waals surface area contributed by atoms with Crippen LogP contribution in [0.3, 0.4) is 0 Å². The van der Waals surface area contributed by atoms with Crippen molar-refractivity contribution in [2.75, 3.05) is 0 Å². The number of ether oxygens (including phenoxy) is 2. The lowest BCUT2D eigenvalue weighted by atomic mass is 10.1.